The number of aryl methyl sites for hydroxylation is 2. The maximum Gasteiger partial charge on any atom is 0.165 e. The Kier molecular flexibility index (Phi) is 3.76. The molecule has 3 rings (SSSR count). The van der Waals surface area contributed by atoms with Crippen molar-refractivity contribution in [2.75, 3.05) is 0 Å². The van der Waals surface area contributed by atoms with Crippen LogP contribution in [0.5, 0.6) is 0 Å². The first-order chi connectivity index (χ1) is 9.99. The number of benzene rings is 1. The number of hydrogen-bond donors (Lipinski definition) is 0. The number of alkyl halides is 1. The van der Waals surface area contributed by atoms with Gasteiger partial charge in [0, 0.05) is 10.7 Å². The maximum atomic E-state index is 6.34. The average molecular weight is 365 g/mol. The van der Waals surface area contributed by atoms with Gasteiger partial charge in [-0.1, -0.05) is 6.07 Å². The number of imidazole rings is 1. The molecule has 3 nitrogen and oxygen atoms in total. The Bertz CT molecular complexity index is 824. The quantitative estimate of drug-likeness (QED) is 0.592. The molecule has 1 aromatic carbocycles. The van der Waals surface area contributed by atoms with Gasteiger partial charge in [-0.25, -0.2) is 9.97 Å². The molecule has 0 aliphatic rings. The highest BCUT2D eigenvalue weighted by molar-refractivity contribution is 9.10. The lowest BCUT2D eigenvalue weighted by Crippen LogP contribution is -2.03. The number of fused-ring (bicyclic) bond motifs is 1. The fourth-order valence-corrected chi connectivity index (χ4v) is 3.23. The van der Waals surface area contributed by atoms with Crippen LogP contribution in [0.3, 0.4) is 0 Å². The van der Waals surface area contributed by atoms with Crippen molar-refractivity contribution >= 4 is 38.7 Å². The van der Waals surface area contributed by atoms with E-state index >= 15 is 0 Å². The lowest BCUT2D eigenvalue weighted by molar-refractivity contribution is 0.874. The second-order valence-electron chi connectivity index (χ2n) is 5.18. The van der Waals surface area contributed by atoms with Gasteiger partial charge >= 0.3 is 0 Å². The second-order valence-corrected chi connectivity index (χ2v) is 6.69. The van der Waals surface area contributed by atoms with E-state index in [-0.39, 0.29) is 5.38 Å². The smallest absolute Gasteiger partial charge is 0.165 e. The zero-order valence-corrected chi connectivity index (χ0v) is 14.4. The first-order valence-electron chi connectivity index (χ1n) is 6.73. The highest BCUT2D eigenvalue weighted by Gasteiger charge is 2.19. The lowest BCUT2D eigenvalue weighted by Gasteiger charge is -2.12. The van der Waals surface area contributed by atoms with Gasteiger partial charge in [0.05, 0.1) is 11.1 Å². The van der Waals surface area contributed by atoms with E-state index in [2.05, 4.69) is 46.0 Å². The van der Waals surface area contributed by atoms with Crippen molar-refractivity contribution in [3.8, 4) is 5.69 Å². The molecule has 108 valence electrons. The monoisotopic (exact) mass is 363 g/mol. The molecule has 3 aromatic rings. The van der Waals surface area contributed by atoms with Gasteiger partial charge in [0.25, 0.3) is 0 Å². The molecule has 0 aliphatic carbocycles. The van der Waals surface area contributed by atoms with Gasteiger partial charge in [0.1, 0.15) is 11.3 Å². The van der Waals surface area contributed by atoms with E-state index in [0.29, 0.717) is 0 Å². The first-order valence-corrected chi connectivity index (χ1v) is 7.96. The summed E-state index contributed by atoms with van der Waals surface area (Å²) in [4.78, 5) is 9.21. The van der Waals surface area contributed by atoms with E-state index in [4.69, 9.17) is 16.6 Å². The predicted molar refractivity (Wildman–Crippen MR) is 90.3 cm³/mol. The first kappa shape index (κ1) is 14.5. The molecule has 0 spiro atoms. The van der Waals surface area contributed by atoms with Gasteiger partial charge in [0.15, 0.2) is 5.65 Å². The minimum absolute atomic E-state index is 0.202. The van der Waals surface area contributed by atoms with E-state index in [9.17, 15) is 0 Å². The summed E-state index contributed by atoms with van der Waals surface area (Å²) in [6.07, 6.45) is 1.81. The summed E-state index contributed by atoms with van der Waals surface area (Å²) in [5.74, 6) is 0.804. The van der Waals surface area contributed by atoms with Crippen LogP contribution in [0.25, 0.3) is 16.9 Å². The van der Waals surface area contributed by atoms with Crippen molar-refractivity contribution in [1.82, 2.24) is 14.5 Å². The molecule has 21 heavy (non-hydrogen) atoms. The van der Waals surface area contributed by atoms with Crippen molar-refractivity contribution < 1.29 is 0 Å². The van der Waals surface area contributed by atoms with Crippen LogP contribution in [0, 0.1) is 13.8 Å². The topological polar surface area (TPSA) is 30.7 Å². The molecule has 0 bridgehead atoms. The molecule has 2 heterocycles. The van der Waals surface area contributed by atoms with E-state index in [1.165, 1.54) is 5.56 Å². The summed E-state index contributed by atoms with van der Waals surface area (Å²) in [5, 5.41) is -0.202. The Labute approximate surface area is 137 Å². The Morgan fingerprint density at radius 1 is 1.24 bits per heavy atom. The number of nitrogens with zero attached hydrogens (tertiary/aromatic N) is 3. The van der Waals surface area contributed by atoms with E-state index in [1.807, 2.05) is 24.5 Å². The maximum absolute atomic E-state index is 6.34. The van der Waals surface area contributed by atoms with Crippen LogP contribution >= 0.6 is 27.5 Å². The molecule has 0 saturated carbocycles. The number of pyridine rings is 1. The van der Waals surface area contributed by atoms with Gasteiger partial charge in [-0.3, -0.25) is 4.57 Å². The predicted octanol–water partition coefficient (Wildman–Crippen LogP) is 5.10. The lowest BCUT2D eigenvalue weighted by atomic mass is 10.2. The molecule has 2 aromatic heterocycles. The van der Waals surface area contributed by atoms with Crippen molar-refractivity contribution in [3.05, 3.63) is 51.9 Å². The highest BCUT2D eigenvalue weighted by atomic mass is 79.9. The Morgan fingerprint density at radius 2 is 2.00 bits per heavy atom. The Morgan fingerprint density at radius 3 is 2.67 bits per heavy atom. The van der Waals surface area contributed by atoms with Crippen LogP contribution in [0.15, 0.2) is 34.9 Å². The van der Waals surface area contributed by atoms with E-state index < -0.39 is 0 Å². The van der Waals surface area contributed by atoms with Crippen LogP contribution in [-0.4, -0.2) is 14.5 Å². The zero-order valence-electron chi connectivity index (χ0n) is 12.1. The van der Waals surface area contributed by atoms with Gasteiger partial charge in [-0.2, -0.15) is 0 Å². The van der Waals surface area contributed by atoms with Crippen LogP contribution in [-0.2, 0) is 0 Å². The van der Waals surface area contributed by atoms with Crippen LogP contribution < -0.4 is 0 Å². The third-order valence-electron chi connectivity index (χ3n) is 3.47. The summed E-state index contributed by atoms with van der Waals surface area (Å²) in [7, 11) is 0. The standard InChI is InChI=1S/C16H15BrClN3/c1-9-4-5-13(12(17)8-9)21-15(11(3)18)20-14-10(2)6-7-19-16(14)21/h4-8,11H,1-3H3. The number of rotatable bonds is 2. The molecule has 0 saturated heterocycles. The SMILES string of the molecule is Cc1ccc(-n2c(C(C)Cl)nc3c(C)ccnc32)c(Br)c1. The highest BCUT2D eigenvalue weighted by Crippen LogP contribution is 2.32. The fraction of sp³-hybridized carbons (Fsp3) is 0.250. The number of aromatic nitrogens is 3. The van der Waals surface area contributed by atoms with Crippen molar-refractivity contribution in [2.45, 2.75) is 26.1 Å². The molecule has 5 heteroatoms. The zero-order chi connectivity index (χ0) is 15.1. The second kappa shape index (κ2) is 5.43. The average Bonchev–Trinajstić information content (AvgIpc) is 2.80. The summed E-state index contributed by atoms with van der Waals surface area (Å²) in [6.45, 7) is 6.03. The Balaban J connectivity index is 2.39. The molecule has 0 fully saturated rings. The minimum atomic E-state index is -0.202. The molecule has 0 amide bonds. The molecule has 1 unspecified atom stereocenters. The normalized spacial score (nSPS) is 12.8. The Hall–Kier alpha value is -1.39. The van der Waals surface area contributed by atoms with Gasteiger partial charge in [-0.05, 0) is 66.0 Å². The number of halogens is 2. The summed E-state index contributed by atoms with van der Waals surface area (Å²) in [5.41, 5.74) is 5.03. The van der Waals surface area contributed by atoms with E-state index in [1.54, 1.807) is 6.20 Å². The van der Waals surface area contributed by atoms with Crippen LogP contribution in [0.2, 0.25) is 0 Å². The molecule has 0 radical (unpaired) electrons. The number of hydrogen-bond acceptors (Lipinski definition) is 2. The van der Waals surface area contributed by atoms with Gasteiger partial charge < -0.3 is 0 Å². The van der Waals surface area contributed by atoms with Crippen LogP contribution in [0.1, 0.15) is 29.3 Å². The molecular formula is C16H15BrClN3. The molecule has 0 N–H and O–H groups in total. The minimum Gasteiger partial charge on any atom is -0.278 e. The van der Waals surface area contributed by atoms with Crippen molar-refractivity contribution in [2.24, 2.45) is 0 Å². The largest absolute Gasteiger partial charge is 0.278 e. The third kappa shape index (κ3) is 2.47. The van der Waals surface area contributed by atoms with Gasteiger partial charge in [0.2, 0.25) is 0 Å². The molecule has 0 aliphatic heterocycles. The summed E-state index contributed by atoms with van der Waals surface area (Å²) >= 11 is 9.98. The van der Waals surface area contributed by atoms with E-state index in [0.717, 1.165) is 32.7 Å². The fourth-order valence-electron chi connectivity index (χ4n) is 2.41. The van der Waals surface area contributed by atoms with Crippen molar-refractivity contribution in [1.29, 1.82) is 0 Å². The molecular weight excluding hydrogens is 350 g/mol. The summed E-state index contributed by atoms with van der Waals surface area (Å²) < 4.78 is 3.03. The third-order valence-corrected chi connectivity index (χ3v) is 4.30. The molecule has 1 atom stereocenters. The van der Waals surface area contributed by atoms with Crippen LogP contribution in [0.4, 0.5) is 0 Å². The van der Waals surface area contributed by atoms with Gasteiger partial charge in [-0.15, -0.1) is 11.6 Å². The summed E-state index contributed by atoms with van der Waals surface area (Å²) in [6, 6.07) is 8.18. The van der Waals surface area contributed by atoms with Crippen molar-refractivity contribution in [3.63, 3.8) is 0 Å².